The van der Waals surface area contributed by atoms with E-state index in [9.17, 15) is 9.90 Å². The Morgan fingerprint density at radius 1 is 1.00 bits per heavy atom. The standard InChI is InChI=1S/C25H31N5O4/c1-30(2)23-18-7-5-6-8-19(18)28-25(29-23)27-17-11-9-16(10-12-17)26-24(32)15-13-20(33-3)22(31)21(14-15)34-4/h5-8,13-14,16-17,31H,9-12H2,1-4H3,(H,26,32)(H,27,28,29). The fourth-order valence-electron chi connectivity index (χ4n) is 4.32. The van der Waals surface area contributed by atoms with Crippen molar-refractivity contribution in [1.82, 2.24) is 15.3 Å². The Balaban J connectivity index is 1.38. The van der Waals surface area contributed by atoms with Gasteiger partial charge >= 0.3 is 0 Å². The van der Waals surface area contributed by atoms with Crippen molar-refractivity contribution in [2.24, 2.45) is 0 Å². The molecule has 0 aliphatic heterocycles. The van der Waals surface area contributed by atoms with Crippen LogP contribution < -0.4 is 25.0 Å². The fourth-order valence-corrected chi connectivity index (χ4v) is 4.32. The van der Waals surface area contributed by atoms with Gasteiger partial charge in [-0.25, -0.2) is 4.98 Å². The summed E-state index contributed by atoms with van der Waals surface area (Å²) in [5.74, 6) is 1.56. The molecule has 0 spiro atoms. The van der Waals surface area contributed by atoms with Crippen molar-refractivity contribution in [2.45, 2.75) is 37.8 Å². The number of ether oxygens (including phenoxy) is 2. The van der Waals surface area contributed by atoms with Crippen molar-refractivity contribution in [3.63, 3.8) is 0 Å². The summed E-state index contributed by atoms with van der Waals surface area (Å²) < 4.78 is 10.3. The van der Waals surface area contributed by atoms with Gasteiger partial charge in [0, 0.05) is 37.1 Å². The van der Waals surface area contributed by atoms with Crippen LogP contribution in [0.1, 0.15) is 36.0 Å². The fraction of sp³-hybridized carbons (Fsp3) is 0.400. The van der Waals surface area contributed by atoms with Gasteiger partial charge in [-0.3, -0.25) is 4.79 Å². The Morgan fingerprint density at radius 2 is 1.62 bits per heavy atom. The number of amides is 1. The van der Waals surface area contributed by atoms with Gasteiger partial charge in [0.2, 0.25) is 11.7 Å². The Kier molecular flexibility index (Phi) is 6.90. The summed E-state index contributed by atoms with van der Waals surface area (Å²) >= 11 is 0. The Hall–Kier alpha value is -3.75. The summed E-state index contributed by atoms with van der Waals surface area (Å²) in [5, 5.41) is 17.7. The molecule has 1 aliphatic rings. The summed E-state index contributed by atoms with van der Waals surface area (Å²) in [6.45, 7) is 0. The molecule has 0 bridgehead atoms. The average Bonchev–Trinajstić information content (AvgIpc) is 2.84. The van der Waals surface area contributed by atoms with Gasteiger partial charge in [0.25, 0.3) is 5.91 Å². The van der Waals surface area contributed by atoms with Crippen LogP contribution in [-0.4, -0.2) is 61.4 Å². The number of hydrogen-bond donors (Lipinski definition) is 3. The highest BCUT2D eigenvalue weighted by atomic mass is 16.5. The number of nitrogens with zero attached hydrogens (tertiary/aromatic N) is 3. The van der Waals surface area contributed by atoms with Gasteiger partial charge in [0.15, 0.2) is 11.5 Å². The molecule has 1 fully saturated rings. The van der Waals surface area contributed by atoms with Crippen molar-refractivity contribution in [3.8, 4) is 17.2 Å². The van der Waals surface area contributed by atoms with E-state index in [-0.39, 0.29) is 35.2 Å². The number of fused-ring (bicyclic) bond motifs is 1. The molecule has 1 amide bonds. The molecule has 3 aromatic rings. The number of aromatic hydroxyl groups is 1. The number of rotatable bonds is 7. The first kappa shape index (κ1) is 23.4. The lowest BCUT2D eigenvalue weighted by atomic mass is 9.91. The molecule has 180 valence electrons. The maximum absolute atomic E-state index is 12.8. The van der Waals surface area contributed by atoms with E-state index in [2.05, 4.69) is 10.6 Å². The zero-order chi connectivity index (χ0) is 24.2. The Morgan fingerprint density at radius 3 is 2.24 bits per heavy atom. The average molecular weight is 466 g/mol. The largest absolute Gasteiger partial charge is 0.502 e. The van der Waals surface area contributed by atoms with Crippen LogP contribution in [0.5, 0.6) is 17.2 Å². The lowest BCUT2D eigenvalue weighted by Gasteiger charge is -2.30. The van der Waals surface area contributed by atoms with E-state index in [1.54, 1.807) is 0 Å². The number of aromatic nitrogens is 2. The smallest absolute Gasteiger partial charge is 0.251 e. The van der Waals surface area contributed by atoms with E-state index in [0.717, 1.165) is 42.4 Å². The van der Waals surface area contributed by atoms with Crippen LogP contribution in [0.15, 0.2) is 36.4 Å². The van der Waals surface area contributed by atoms with Crippen LogP contribution in [-0.2, 0) is 0 Å². The van der Waals surface area contributed by atoms with Gasteiger partial charge in [-0.15, -0.1) is 0 Å². The summed E-state index contributed by atoms with van der Waals surface area (Å²) in [7, 11) is 6.83. The third-order valence-corrected chi connectivity index (χ3v) is 6.14. The molecule has 4 rings (SSSR count). The van der Waals surface area contributed by atoms with E-state index in [0.29, 0.717) is 11.5 Å². The molecular formula is C25H31N5O4. The van der Waals surface area contributed by atoms with Gasteiger partial charge in [0.1, 0.15) is 5.82 Å². The number of anilines is 2. The van der Waals surface area contributed by atoms with Crippen molar-refractivity contribution in [1.29, 1.82) is 0 Å². The summed E-state index contributed by atoms with van der Waals surface area (Å²) in [5.41, 5.74) is 1.29. The first-order valence-corrected chi connectivity index (χ1v) is 11.4. The quantitative estimate of drug-likeness (QED) is 0.486. The molecule has 9 nitrogen and oxygen atoms in total. The van der Waals surface area contributed by atoms with E-state index >= 15 is 0 Å². The van der Waals surface area contributed by atoms with Crippen LogP contribution in [0.4, 0.5) is 11.8 Å². The zero-order valence-electron chi connectivity index (χ0n) is 20.0. The molecule has 3 N–H and O–H groups in total. The minimum absolute atomic E-state index is 0.0613. The van der Waals surface area contributed by atoms with Crippen LogP contribution >= 0.6 is 0 Å². The maximum Gasteiger partial charge on any atom is 0.251 e. The number of carbonyl (C=O) groups excluding carboxylic acids is 1. The van der Waals surface area contributed by atoms with E-state index in [1.165, 1.54) is 26.4 Å². The summed E-state index contributed by atoms with van der Waals surface area (Å²) in [6, 6.07) is 11.3. The van der Waals surface area contributed by atoms with Gasteiger partial charge in [-0.2, -0.15) is 4.98 Å². The zero-order valence-corrected chi connectivity index (χ0v) is 20.0. The minimum atomic E-state index is -0.221. The number of methoxy groups -OCH3 is 2. The molecule has 2 aromatic carbocycles. The van der Waals surface area contributed by atoms with Crippen molar-refractivity contribution < 1.29 is 19.4 Å². The third-order valence-electron chi connectivity index (χ3n) is 6.14. The van der Waals surface area contributed by atoms with Crippen molar-refractivity contribution in [3.05, 3.63) is 42.0 Å². The number of nitrogens with one attached hydrogen (secondary N) is 2. The summed E-state index contributed by atoms with van der Waals surface area (Å²) in [6.07, 6.45) is 3.45. The van der Waals surface area contributed by atoms with Crippen molar-refractivity contribution >= 4 is 28.6 Å². The monoisotopic (exact) mass is 465 g/mol. The summed E-state index contributed by atoms with van der Waals surface area (Å²) in [4.78, 5) is 24.2. The number of hydrogen-bond acceptors (Lipinski definition) is 8. The second kappa shape index (κ2) is 10.0. The SMILES string of the molecule is COc1cc(C(=O)NC2CCC(Nc3nc(N(C)C)c4ccccc4n3)CC2)cc(OC)c1O. The molecule has 0 saturated heterocycles. The first-order valence-electron chi connectivity index (χ1n) is 11.4. The predicted molar refractivity (Wildman–Crippen MR) is 132 cm³/mol. The van der Waals surface area contributed by atoms with Gasteiger partial charge in [0.05, 0.1) is 19.7 Å². The van der Waals surface area contributed by atoms with E-state index in [4.69, 9.17) is 19.4 Å². The molecule has 1 aromatic heterocycles. The Bertz CT molecular complexity index is 1150. The first-order chi connectivity index (χ1) is 16.4. The number of carbonyl (C=O) groups is 1. The lowest BCUT2D eigenvalue weighted by molar-refractivity contribution is 0.0925. The van der Waals surface area contributed by atoms with Crippen LogP contribution in [0.3, 0.4) is 0 Å². The minimum Gasteiger partial charge on any atom is -0.502 e. The van der Waals surface area contributed by atoms with Gasteiger partial charge in [-0.1, -0.05) is 12.1 Å². The van der Waals surface area contributed by atoms with E-state index in [1.807, 2.05) is 43.3 Å². The molecule has 0 unspecified atom stereocenters. The van der Waals surface area contributed by atoms with Gasteiger partial charge in [-0.05, 0) is 49.9 Å². The molecule has 1 saturated carbocycles. The molecule has 34 heavy (non-hydrogen) atoms. The number of phenolic OH excluding ortho intramolecular Hbond substituents is 1. The molecule has 0 radical (unpaired) electrons. The lowest BCUT2D eigenvalue weighted by Crippen LogP contribution is -2.40. The highest BCUT2D eigenvalue weighted by molar-refractivity contribution is 5.95. The molecule has 1 aliphatic carbocycles. The second-order valence-corrected chi connectivity index (χ2v) is 8.68. The molecule has 0 atom stereocenters. The second-order valence-electron chi connectivity index (χ2n) is 8.68. The van der Waals surface area contributed by atoms with Gasteiger partial charge < -0.3 is 30.1 Å². The van der Waals surface area contributed by atoms with Crippen LogP contribution in [0, 0.1) is 0 Å². The highest BCUT2D eigenvalue weighted by Crippen LogP contribution is 2.37. The predicted octanol–water partition coefficient (Wildman–Crippen LogP) is 3.57. The number of benzene rings is 2. The topological polar surface area (TPSA) is 109 Å². The Labute approximate surface area is 199 Å². The normalized spacial score (nSPS) is 17.8. The molecular weight excluding hydrogens is 434 g/mol. The molecule has 9 heteroatoms. The van der Waals surface area contributed by atoms with Crippen LogP contribution in [0.2, 0.25) is 0 Å². The molecule has 1 heterocycles. The number of para-hydroxylation sites is 1. The maximum atomic E-state index is 12.8. The third kappa shape index (κ3) is 4.93. The number of phenols is 1. The van der Waals surface area contributed by atoms with E-state index < -0.39 is 0 Å². The van der Waals surface area contributed by atoms with Crippen LogP contribution in [0.25, 0.3) is 10.9 Å². The highest BCUT2D eigenvalue weighted by Gasteiger charge is 2.25. The van der Waals surface area contributed by atoms with Crippen molar-refractivity contribution in [2.75, 3.05) is 38.5 Å².